The van der Waals surface area contributed by atoms with Gasteiger partial charge in [-0.2, -0.15) is 0 Å². The number of carbonyl (C=O) groups excluding carboxylic acids is 2. The highest BCUT2D eigenvalue weighted by molar-refractivity contribution is 6.53. The average Bonchev–Trinajstić information content (AvgIpc) is 2.88. The van der Waals surface area contributed by atoms with Gasteiger partial charge in [-0.15, -0.1) is 23.2 Å². The van der Waals surface area contributed by atoms with E-state index in [1.807, 2.05) is 0 Å². The molecule has 2 fully saturated rings. The highest BCUT2D eigenvalue weighted by atomic mass is 35.5. The lowest BCUT2D eigenvalue weighted by Gasteiger charge is -2.33. The van der Waals surface area contributed by atoms with E-state index in [0.717, 1.165) is 0 Å². The fourth-order valence-corrected chi connectivity index (χ4v) is 3.16. The summed E-state index contributed by atoms with van der Waals surface area (Å²) in [5.74, 6) is -0.289. The number of hydrogen-bond acceptors (Lipinski definition) is 3. The summed E-state index contributed by atoms with van der Waals surface area (Å²) in [4.78, 5) is 25.4. The van der Waals surface area contributed by atoms with Gasteiger partial charge in [0.1, 0.15) is 4.33 Å². The predicted molar refractivity (Wildman–Crippen MR) is 68.5 cm³/mol. The molecule has 0 aromatic carbocycles. The average molecular weight is 294 g/mol. The van der Waals surface area contributed by atoms with E-state index in [1.54, 1.807) is 11.8 Å². The van der Waals surface area contributed by atoms with Crippen LogP contribution >= 0.6 is 23.2 Å². The van der Waals surface area contributed by atoms with Gasteiger partial charge in [-0.05, 0) is 26.2 Å². The first kappa shape index (κ1) is 13.9. The summed E-state index contributed by atoms with van der Waals surface area (Å²) in [5, 5.41) is 0. The first-order valence-corrected chi connectivity index (χ1v) is 6.82. The normalized spacial score (nSPS) is 31.0. The van der Waals surface area contributed by atoms with Crippen LogP contribution in [0.4, 0.5) is 0 Å². The lowest BCUT2D eigenvalue weighted by Crippen LogP contribution is -2.44. The van der Waals surface area contributed by atoms with E-state index >= 15 is 0 Å². The van der Waals surface area contributed by atoms with Crippen molar-refractivity contribution in [2.75, 3.05) is 20.2 Å². The van der Waals surface area contributed by atoms with Crippen molar-refractivity contribution in [1.29, 1.82) is 0 Å². The number of piperidine rings is 1. The Balaban J connectivity index is 1.91. The summed E-state index contributed by atoms with van der Waals surface area (Å²) < 4.78 is 3.79. The fraction of sp³-hybridized carbons (Fsp3) is 0.833. The summed E-state index contributed by atoms with van der Waals surface area (Å²) in [6, 6.07) is 0. The van der Waals surface area contributed by atoms with Gasteiger partial charge in [-0.25, -0.2) is 0 Å². The molecule has 0 aromatic rings. The Hall–Kier alpha value is -0.480. The molecule has 4 nitrogen and oxygen atoms in total. The largest absolute Gasteiger partial charge is 0.469 e. The number of esters is 1. The molecule has 1 aliphatic carbocycles. The van der Waals surface area contributed by atoms with E-state index in [0.29, 0.717) is 32.4 Å². The van der Waals surface area contributed by atoms with E-state index in [1.165, 1.54) is 7.11 Å². The molecule has 1 aliphatic heterocycles. The smallest absolute Gasteiger partial charge is 0.308 e. The number of rotatable bonds is 2. The second-order valence-electron chi connectivity index (χ2n) is 5.30. The van der Waals surface area contributed by atoms with Crippen molar-refractivity contribution in [1.82, 2.24) is 4.90 Å². The van der Waals surface area contributed by atoms with Gasteiger partial charge in [-0.1, -0.05) is 0 Å². The van der Waals surface area contributed by atoms with E-state index in [4.69, 9.17) is 27.9 Å². The summed E-state index contributed by atoms with van der Waals surface area (Å²) in [6.07, 6.45) is 1.79. The summed E-state index contributed by atoms with van der Waals surface area (Å²) in [7, 11) is 1.39. The third kappa shape index (κ3) is 2.21. The minimum Gasteiger partial charge on any atom is -0.469 e. The molecule has 1 atom stereocenters. The van der Waals surface area contributed by atoms with Gasteiger partial charge >= 0.3 is 5.97 Å². The molecule has 1 saturated heterocycles. The van der Waals surface area contributed by atoms with E-state index in [2.05, 4.69) is 0 Å². The zero-order valence-corrected chi connectivity index (χ0v) is 12.1. The quantitative estimate of drug-likeness (QED) is 0.578. The van der Waals surface area contributed by atoms with Crippen LogP contribution in [0.1, 0.15) is 26.2 Å². The van der Waals surface area contributed by atoms with Gasteiger partial charge in [-0.3, -0.25) is 9.59 Å². The van der Waals surface area contributed by atoms with Crippen molar-refractivity contribution in [3.63, 3.8) is 0 Å². The van der Waals surface area contributed by atoms with Crippen LogP contribution in [0, 0.1) is 11.3 Å². The number of halogens is 2. The molecule has 0 N–H and O–H groups in total. The maximum absolute atomic E-state index is 12.3. The molecular weight excluding hydrogens is 277 g/mol. The molecule has 0 radical (unpaired) electrons. The topological polar surface area (TPSA) is 46.6 Å². The molecule has 2 aliphatic rings. The number of alkyl halides is 2. The van der Waals surface area contributed by atoms with Gasteiger partial charge in [0.25, 0.3) is 0 Å². The lowest BCUT2D eigenvalue weighted by atomic mass is 9.95. The van der Waals surface area contributed by atoms with Crippen LogP contribution in [0.25, 0.3) is 0 Å². The third-order valence-electron chi connectivity index (χ3n) is 4.05. The number of ether oxygens (including phenoxy) is 1. The van der Waals surface area contributed by atoms with Crippen LogP contribution in [0.3, 0.4) is 0 Å². The third-order valence-corrected chi connectivity index (χ3v) is 5.15. The number of nitrogens with zero attached hydrogens (tertiary/aromatic N) is 1. The van der Waals surface area contributed by atoms with E-state index in [-0.39, 0.29) is 17.8 Å². The standard InChI is InChI=1S/C12H17Cl2NO3/c1-11(7-12(11,13)14)10(17)15-5-3-8(4-6-15)9(16)18-2/h8H,3-7H2,1-2H3/t11-/m0/s1. The molecule has 1 saturated carbocycles. The molecule has 18 heavy (non-hydrogen) atoms. The summed E-state index contributed by atoms with van der Waals surface area (Å²) in [5.41, 5.74) is -0.659. The maximum Gasteiger partial charge on any atom is 0.308 e. The molecule has 2 rings (SSSR count). The molecule has 0 spiro atoms. The van der Waals surface area contributed by atoms with Crippen molar-refractivity contribution in [2.24, 2.45) is 11.3 Å². The van der Waals surface area contributed by atoms with Crippen LogP contribution in [0.5, 0.6) is 0 Å². The molecule has 0 bridgehead atoms. The number of carbonyl (C=O) groups is 2. The second-order valence-corrected chi connectivity index (χ2v) is 6.79. The van der Waals surface area contributed by atoms with Gasteiger partial charge in [0.05, 0.1) is 18.4 Å². The van der Waals surface area contributed by atoms with Crippen molar-refractivity contribution >= 4 is 35.1 Å². The minimum absolute atomic E-state index is 0.00387. The number of methoxy groups -OCH3 is 1. The van der Waals surface area contributed by atoms with Gasteiger partial charge < -0.3 is 9.64 Å². The van der Waals surface area contributed by atoms with Crippen LogP contribution < -0.4 is 0 Å². The van der Waals surface area contributed by atoms with Gasteiger partial charge in [0.2, 0.25) is 5.91 Å². The summed E-state index contributed by atoms with van der Waals surface area (Å²) in [6.45, 7) is 2.93. The van der Waals surface area contributed by atoms with E-state index < -0.39 is 9.75 Å². The molecule has 1 heterocycles. The fourth-order valence-electron chi connectivity index (χ4n) is 2.47. The Kier molecular flexibility index (Phi) is 3.54. The maximum atomic E-state index is 12.3. The number of hydrogen-bond donors (Lipinski definition) is 0. The van der Waals surface area contributed by atoms with Crippen molar-refractivity contribution in [2.45, 2.75) is 30.5 Å². The number of amides is 1. The Morgan fingerprint density at radius 3 is 2.17 bits per heavy atom. The second kappa shape index (κ2) is 4.57. The summed E-state index contributed by atoms with van der Waals surface area (Å²) >= 11 is 12.0. The monoisotopic (exact) mass is 293 g/mol. The highest BCUT2D eigenvalue weighted by Crippen LogP contribution is 2.64. The first-order chi connectivity index (χ1) is 8.32. The predicted octanol–water partition coefficient (Wildman–Crippen LogP) is 1.98. The Morgan fingerprint density at radius 1 is 1.28 bits per heavy atom. The molecule has 102 valence electrons. The molecule has 1 amide bonds. The molecular formula is C12H17Cl2NO3. The lowest BCUT2D eigenvalue weighted by molar-refractivity contribution is -0.149. The Labute approximate surface area is 117 Å². The Bertz CT molecular complexity index is 378. The van der Waals surface area contributed by atoms with Crippen molar-refractivity contribution < 1.29 is 14.3 Å². The molecule has 6 heteroatoms. The SMILES string of the molecule is COC(=O)C1CCN(C(=O)[C@]2(C)CC2(Cl)Cl)CC1. The van der Waals surface area contributed by atoms with Gasteiger partial charge in [0.15, 0.2) is 0 Å². The molecule has 0 aromatic heterocycles. The van der Waals surface area contributed by atoms with Crippen LogP contribution in [-0.4, -0.2) is 41.3 Å². The number of likely N-dealkylation sites (tertiary alicyclic amines) is 1. The van der Waals surface area contributed by atoms with Crippen LogP contribution in [-0.2, 0) is 14.3 Å². The zero-order chi connectivity index (χ0) is 13.6. The minimum atomic E-state index is -0.927. The highest BCUT2D eigenvalue weighted by Gasteiger charge is 2.68. The van der Waals surface area contributed by atoms with E-state index in [9.17, 15) is 9.59 Å². The first-order valence-electron chi connectivity index (χ1n) is 6.07. The Morgan fingerprint density at radius 2 is 1.78 bits per heavy atom. The van der Waals surface area contributed by atoms with Crippen LogP contribution in [0.15, 0.2) is 0 Å². The van der Waals surface area contributed by atoms with Gasteiger partial charge in [0, 0.05) is 13.1 Å². The zero-order valence-electron chi connectivity index (χ0n) is 10.5. The van der Waals surface area contributed by atoms with Crippen molar-refractivity contribution in [3.05, 3.63) is 0 Å². The van der Waals surface area contributed by atoms with Crippen molar-refractivity contribution in [3.8, 4) is 0 Å². The molecule has 0 unspecified atom stereocenters. The van der Waals surface area contributed by atoms with Crippen LogP contribution in [0.2, 0.25) is 0 Å².